The summed E-state index contributed by atoms with van der Waals surface area (Å²) in [6, 6.07) is 3.16. The number of nitrogens with zero attached hydrogens (tertiary/aromatic N) is 1. The van der Waals surface area contributed by atoms with Crippen LogP contribution in [0.2, 0.25) is 0 Å². The van der Waals surface area contributed by atoms with E-state index in [2.05, 4.69) is 15.9 Å². The first kappa shape index (κ1) is 14.2. The zero-order chi connectivity index (χ0) is 14.4. The molecule has 1 atom stereocenters. The minimum atomic E-state index is -0.916. The smallest absolute Gasteiger partial charge is 0.407 e. The Kier molecular flexibility index (Phi) is 3.51. The lowest BCUT2D eigenvalue weighted by Crippen LogP contribution is -2.44. The van der Waals surface area contributed by atoms with Crippen LogP contribution in [-0.4, -0.2) is 27.8 Å². The summed E-state index contributed by atoms with van der Waals surface area (Å²) >= 11 is 3.49. The van der Waals surface area contributed by atoms with Crippen molar-refractivity contribution in [2.75, 3.05) is 6.54 Å². The number of phenols is 1. The molecule has 5 heteroatoms. The SMILES string of the molecule is CC(C)(C)C1c2c(Br)ccc(O)c2CCN1C(=O)O. The molecular weight excluding hydrogens is 310 g/mol. The van der Waals surface area contributed by atoms with E-state index in [0.29, 0.717) is 13.0 Å². The van der Waals surface area contributed by atoms with Crippen LogP contribution in [0, 0.1) is 5.41 Å². The molecule has 0 saturated carbocycles. The van der Waals surface area contributed by atoms with E-state index in [9.17, 15) is 15.0 Å². The van der Waals surface area contributed by atoms with E-state index in [4.69, 9.17) is 0 Å². The van der Waals surface area contributed by atoms with Gasteiger partial charge in [0.25, 0.3) is 0 Å². The number of hydrogen-bond acceptors (Lipinski definition) is 2. The van der Waals surface area contributed by atoms with E-state index in [0.717, 1.165) is 15.6 Å². The summed E-state index contributed by atoms with van der Waals surface area (Å²) < 4.78 is 0.853. The lowest BCUT2D eigenvalue weighted by Gasteiger charge is -2.43. The van der Waals surface area contributed by atoms with Crippen LogP contribution in [0.5, 0.6) is 5.75 Å². The van der Waals surface area contributed by atoms with Gasteiger partial charge in [-0.1, -0.05) is 36.7 Å². The summed E-state index contributed by atoms with van der Waals surface area (Å²) in [7, 11) is 0. The van der Waals surface area contributed by atoms with Crippen LogP contribution in [-0.2, 0) is 6.42 Å². The van der Waals surface area contributed by atoms with Gasteiger partial charge >= 0.3 is 6.09 Å². The number of amides is 1. The quantitative estimate of drug-likeness (QED) is 0.762. The molecule has 2 rings (SSSR count). The van der Waals surface area contributed by atoms with Gasteiger partial charge in [0.1, 0.15) is 5.75 Å². The fourth-order valence-electron chi connectivity index (χ4n) is 2.81. The van der Waals surface area contributed by atoms with Crippen LogP contribution in [0.15, 0.2) is 16.6 Å². The van der Waals surface area contributed by atoms with Gasteiger partial charge < -0.3 is 15.1 Å². The number of aromatic hydroxyl groups is 1. The second-order valence-electron chi connectivity index (χ2n) is 5.95. The average molecular weight is 328 g/mol. The molecule has 1 aliphatic rings. The minimum Gasteiger partial charge on any atom is -0.508 e. The highest BCUT2D eigenvalue weighted by Crippen LogP contribution is 2.47. The van der Waals surface area contributed by atoms with E-state index >= 15 is 0 Å². The van der Waals surface area contributed by atoms with Crippen LogP contribution in [0.1, 0.15) is 37.9 Å². The molecule has 0 fully saturated rings. The Morgan fingerprint density at radius 3 is 2.58 bits per heavy atom. The van der Waals surface area contributed by atoms with Crippen LogP contribution in [0.4, 0.5) is 4.79 Å². The normalized spacial score (nSPS) is 19.2. The van der Waals surface area contributed by atoms with Crippen LogP contribution < -0.4 is 0 Å². The van der Waals surface area contributed by atoms with Gasteiger partial charge in [-0.05, 0) is 29.5 Å². The van der Waals surface area contributed by atoms with Crippen LogP contribution >= 0.6 is 15.9 Å². The Balaban J connectivity index is 2.65. The summed E-state index contributed by atoms with van der Waals surface area (Å²) in [5.74, 6) is 0.248. The van der Waals surface area contributed by atoms with E-state index < -0.39 is 6.09 Å². The summed E-state index contributed by atoms with van der Waals surface area (Å²) in [5, 5.41) is 19.4. The topological polar surface area (TPSA) is 60.8 Å². The van der Waals surface area contributed by atoms with E-state index in [-0.39, 0.29) is 17.2 Å². The number of phenolic OH excluding ortho intramolecular Hbond substituents is 1. The Morgan fingerprint density at radius 1 is 1.42 bits per heavy atom. The van der Waals surface area contributed by atoms with Crippen molar-refractivity contribution in [1.82, 2.24) is 4.90 Å². The highest BCUT2D eigenvalue weighted by atomic mass is 79.9. The fraction of sp³-hybridized carbons (Fsp3) is 0.500. The first-order valence-electron chi connectivity index (χ1n) is 6.23. The molecule has 2 N–H and O–H groups in total. The molecule has 0 spiro atoms. The van der Waals surface area contributed by atoms with E-state index in [1.54, 1.807) is 12.1 Å². The second-order valence-corrected chi connectivity index (χ2v) is 6.81. The third-order valence-corrected chi connectivity index (χ3v) is 4.22. The molecule has 0 saturated heterocycles. The van der Waals surface area contributed by atoms with Crippen molar-refractivity contribution in [3.63, 3.8) is 0 Å². The molecule has 19 heavy (non-hydrogen) atoms. The third-order valence-electron chi connectivity index (χ3n) is 3.53. The summed E-state index contributed by atoms with van der Waals surface area (Å²) in [5.41, 5.74) is 1.50. The molecule has 1 heterocycles. The van der Waals surface area contributed by atoms with Crippen molar-refractivity contribution in [3.8, 4) is 5.75 Å². The predicted molar refractivity (Wildman–Crippen MR) is 76.4 cm³/mol. The molecule has 104 valence electrons. The predicted octanol–water partition coefficient (Wildman–Crippen LogP) is 3.78. The zero-order valence-corrected chi connectivity index (χ0v) is 12.9. The van der Waals surface area contributed by atoms with Gasteiger partial charge in [-0.25, -0.2) is 4.79 Å². The van der Waals surface area contributed by atoms with Crippen molar-refractivity contribution in [1.29, 1.82) is 0 Å². The number of halogens is 1. The molecule has 0 aromatic heterocycles. The Hall–Kier alpha value is -1.23. The van der Waals surface area contributed by atoms with Gasteiger partial charge in [-0.2, -0.15) is 0 Å². The Bertz CT molecular complexity index is 522. The number of hydrogen-bond donors (Lipinski definition) is 2. The number of rotatable bonds is 0. The summed E-state index contributed by atoms with van der Waals surface area (Å²) in [6.45, 7) is 6.45. The molecule has 1 unspecified atom stereocenters. The highest BCUT2D eigenvalue weighted by Gasteiger charge is 2.40. The van der Waals surface area contributed by atoms with Crippen LogP contribution in [0.3, 0.4) is 0 Å². The van der Waals surface area contributed by atoms with Gasteiger partial charge in [0, 0.05) is 16.6 Å². The fourth-order valence-corrected chi connectivity index (χ4v) is 3.40. The largest absolute Gasteiger partial charge is 0.508 e. The summed E-state index contributed by atoms with van der Waals surface area (Å²) in [4.78, 5) is 12.9. The lowest BCUT2D eigenvalue weighted by atomic mass is 9.77. The molecule has 1 aromatic carbocycles. The van der Waals surface area contributed by atoms with Crippen molar-refractivity contribution in [2.24, 2.45) is 5.41 Å². The maximum absolute atomic E-state index is 11.5. The molecule has 1 aliphatic heterocycles. The van der Waals surface area contributed by atoms with Gasteiger partial charge in [-0.15, -0.1) is 0 Å². The molecule has 0 radical (unpaired) electrons. The van der Waals surface area contributed by atoms with Gasteiger partial charge in [0.15, 0.2) is 0 Å². The number of benzene rings is 1. The minimum absolute atomic E-state index is 0.246. The maximum atomic E-state index is 11.5. The third kappa shape index (κ3) is 2.43. The van der Waals surface area contributed by atoms with Gasteiger partial charge in [-0.3, -0.25) is 0 Å². The van der Waals surface area contributed by atoms with E-state index in [1.807, 2.05) is 20.8 Å². The highest BCUT2D eigenvalue weighted by molar-refractivity contribution is 9.10. The molecule has 1 aromatic rings. The molecule has 0 bridgehead atoms. The van der Waals surface area contributed by atoms with Crippen molar-refractivity contribution in [3.05, 3.63) is 27.7 Å². The summed E-state index contributed by atoms with van der Waals surface area (Å²) in [6.07, 6.45) is -0.375. The van der Waals surface area contributed by atoms with Crippen molar-refractivity contribution >= 4 is 22.0 Å². The molecule has 1 amide bonds. The standard InChI is InChI=1S/C14H18BrNO3/c1-14(2,3)12-11-8(6-7-16(12)13(18)19)10(17)5-4-9(11)15/h4-5,12,17H,6-7H2,1-3H3,(H,18,19). The molecule has 0 aliphatic carbocycles. The first-order valence-corrected chi connectivity index (χ1v) is 7.02. The number of carbonyl (C=O) groups is 1. The second kappa shape index (κ2) is 4.71. The molecular formula is C14H18BrNO3. The zero-order valence-electron chi connectivity index (χ0n) is 11.3. The van der Waals surface area contributed by atoms with Crippen molar-refractivity contribution in [2.45, 2.75) is 33.2 Å². The Labute approximate surface area is 121 Å². The average Bonchev–Trinajstić information content (AvgIpc) is 2.31. The van der Waals surface area contributed by atoms with Crippen LogP contribution in [0.25, 0.3) is 0 Å². The molecule has 4 nitrogen and oxygen atoms in total. The van der Waals surface area contributed by atoms with E-state index in [1.165, 1.54) is 4.90 Å². The Morgan fingerprint density at radius 2 is 2.05 bits per heavy atom. The van der Waals surface area contributed by atoms with Gasteiger partial charge in [0.2, 0.25) is 0 Å². The van der Waals surface area contributed by atoms with Gasteiger partial charge in [0.05, 0.1) is 6.04 Å². The maximum Gasteiger partial charge on any atom is 0.407 e. The first-order chi connectivity index (χ1) is 8.73. The van der Waals surface area contributed by atoms with Crippen molar-refractivity contribution < 1.29 is 15.0 Å². The number of carboxylic acid groups (broad SMARTS) is 1. The monoisotopic (exact) mass is 327 g/mol. The lowest BCUT2D eigenvalue weighted by molar-refractivity contribution is 0.0750. The number of fused-ring (bicyclic) bond motifs is 1.